The van der Waals surface area contributed by atoms with Gasteiger partial charge in [-0.3, -0.25) is 9.59 Å². The molecule has 0 radical (unpaired) electrons. The number of aromatic nitrogens is 2. The van der Waals surface area contributed by atoms with E-state index >= 15 is 0 Å². The maximum atomic E-state index is 12.8. The van der Waals surface area contributed by atoms with Crippen molar-refractivity contribution in [2.75, 3.05) is 18.9 Å². The minimum atomic E-state index is -0.312. The van der Waals surface area contributed by atoms with Gasteiger partial charge >= 0.3 is 0 Å². The monoisotopic (exact) mass is 450 g/mol. The zero-order chi connectivity index (χ0) is 21.0. The Morgan fingerprint density at radius 1 is 1.24 bits per heavy atom. The van der Waals surface area contributed by atoms with Crippen molar-refractivity contribution in [1.29, 1.82) is 0 Å². The Hall–Kier alpha value is -3.37. The molecular weight excluding hydrogens is 432 g/mol. The summed E-state index contributed by atoms with van der Waals surface area (Å²) in [5, 5.41) is 7.07. The van der Waals surface area contributed by atoms with Crippen LogP contribution >= 0.6 is 15.9 Å². The first kappa shape index (κ1) is 20.4. The summed E-state index contributed by atoms with van der Waals surface area (Å²) in [6.45, 7) is 1.73. The van der Waals surface area contributed by atoms with E-state index in [1.54, 1.807) is 36.0 Å². The molecule has 0 saturated carbocycles. The van der Waals surface area contributed by atoms with Crippen LogP contribution in [0.3, 0.4) is 0 Å². The molecular formula is C22H19BrN4O2. The summed E-state index contributed by atoms with van der Waals surface area (Å²) in [5.41, 5.74) is 3.25. The van der Waals surface area contributed by atoms with Crippen LogP contribution in [0.1, 0.15) is 21.6 Å². The van der Waals surface area contributed by atoms with Crippen LogP contribution < -0.4 is 5.32 Å². The highest BCUT2D eigenvalue weighted by Crippen LogP contribution is 2.18. The fourth-order valence-electron chi connectivity index (χ4n) is 2.84. The van der Waals surface area contributed by atoms with Crippen LogP contribution in [0, 0.1) is 19.3 Å². The van der Waals surface area contributed by atoms with E-state index < -0.39 is 0 Å². The summed E-state index contributed by atoms with van der Waals surface area (Å²) in [6.07, 6.45) is 6.89. The molecule has 0 aliphatic heterocycles. The van der Waals surface area contributed by atoms with Crippen LogP contribution in [0.15, 0.2) is 59.2 Å². The van der Waals surface area contributed by atoms with Crippen molar-refractivity contribution in [2.24, 2.45) is 0 Å². The second-order valence-corrected chi connectivity index (χ2v) is 7.38. The molecule has 0 aliphatic rings. The lowest BCUT2D eigenvalue weighted by Crippen LogP contribution is -2.35. The molecule has 0 fully saturated rings. The number of carbonyl (C=O) groups is 2. The number of nitrogens with zero attached hydrogens (tertiary/aromatic N) is 3. The van der Waals surface area contributed by atoms with Crippen LogP contribution in [0.2, 0.25) is 0 Å². The molecule has 1 heterocycles. The third kappa shape index (κ3) is 4.73. The van der Waals surface area contributed by atoms with E-state index in [0.29, 0.717) is 22.5 Å². The molecule has 0 unspecified atom stereocenters. The summed E-state index contributed by atoms with van der Waals surface area (Å²) in [5.74, 6) is 1.93. The lowest BCUT2D eigenvalue weighted by atomic mass is 10.2. The topological polar surface area (TPSA) is 67.2 Å². The van der Waals surface area contributed by atoms with Crippen molar-refractivity contribution in [3.8, 4) is 18.0 Å². The van der Waals surface area contributed by atoms with E-state index in [9.17, 15) is 9.59 Å². The highest BCUT2D eigenvalue weighted by molar-refractivity contribution is 9.10. The minimum Gasteiger partial charge on any atom is -0.332 e. The maximum Gasteiger partial charge on any atom is 0.257 e. The standard InChI is InChI=1S/C22H19BrN4O2/c1-4-16-6-5-7-18(12-16)25-21(28)14-26(3)22(29)20-13-24-27(15(20)2)19-10-8-17(23)9-11-19/h1,5-13H,14H2,2-3H3,(H,25,28). The second kappa shape index (κ2) is 8.76. The molecule has 0 bridgehead atoms. The van der Waals surface area contributed by atoms with Gasteiger partial charge in [0.15, 0.2) is 0 Å². The molecule has 0 spiro atoms. The lowest BCUT2D eigenvalue weighted by Gasteiger charge is -2.17. The maximum absolute atomic E-state index is 12.8. The van der Waals surface area contributed by atoms with Crippen LogP contribution in [-0.2, 0) is 4.79 Å². The number of terminal acetylenes is 1. The van der Waals surface area contributed by atoms with Gasteiger partial charge in [0.25, 0.3) is 5.91 Å². The predicted molar refractivity (Wildman–Crippen MR) is 116 cm³/mol. The number of hydrogen-bond acceptors (Lipinski definition) is 3. The summed E-state index contributed by atoms with van der Waals surface area (Å²) < 4.78 is 2.65. The molecule has 0 aliphatic carbocycles. The van der Waals surface area contributed by atoms with Gasteiger partial charge in [-0.25, -0.2) is 4.68 Å². The number of hydrogen-bond donors (Lipinski definition) is 1. The predicted octanol–water partition coefficient (Wildman–Crippen LogP) is 3.64. The molecule has 3 rings (SSSR count). The minimum absolute atomic E-state index is 0.0952. The number of anilines is 1. The van der Waals surface area contributed by atoms with Gasteiger partial charge in [-0.1, -0.05) is 27.9 Å². The van der Waals surface area contributed by atoms with Crippen LogP contribution in [-0.4, -0.2) is 40.1 Å². The average molecular weight is 451 g/mol. The molecule has 29 heavy (non-hydrogen) atoms. The third-order valence-corrected chi connectivity index (χ3v) is 4.88. The Morgan fingerprint density at radius 2 is 1.97 bits per heavy atom. The molecule has 0 atom stereocenters. The number of carbonyl (C=O) groups excluding carboxylic acids is 2. The van der Waals surface area contributed by atoms with E-state index in [2.05, 4.69) is 32.3 Å². The van der Waals surface area contributed by atoms with Gasteiger partial charge in [-0.15, -0.1) is 6.42 Å². The zero-order valence-electron chi connectivity index (χ0n) is 16.0. The Bertz CT molecular complexity index is 1100. The van der Waals surface area contributed by atoms with E-state index in [4.69, 9.17) is 6.42 Å². The molecule has 146 valence electrons. The van der Waals surface area contributed by atoms with Crippen molar-refractivity contribution < 1.29 is 9.59 Å². The highest BCUT2D eigenvalue weighted by atomic mass is 79.9. The molecule has 3 aromatic rings. The van der Waals surface area contributed by atoms with Crippen LogP contribution in [0.5, 0.6) is 0 Å². The number of likely N-dealkylation sites (N-methyl/N-ethyl adjacent to an activating group) is 1. The number of nitrogens with one attached hydrogen (secondary N) is 1. The summed E-state index contributed by atoms with van der Waals surface area (Å²) in [7, 11) is 1.58. The highest BCUT2D eigenvalue weighted by Gasteiger charge is 2.20. The number of benzene rings is 2. The largest absolute Gasteiger partial charge is 0.332 e. The summed E-state index contributed by atoms with van der Waals surface area (Å²) in [6, 6.07) is 14.6. The van der Waals surface area contributed by atoms with E-state index in [1.807, 2.05) is 31.2 Å². The van der Waals surface area contributed by atoms with Gasteiger partial charge in [0, 0.05) is 22.8 Å². The Balaban J connectivity index is 1.69. The fourth-order valence-corrected chi connectivity index (χ4v) is 3.11. The van der Waals surface area contributed by atoms with Crippen molar-refractivity contribution in [2.45, 2.75) is 6.92 Å². The third-order valence-electron chi connectivity index (χ3n) is 4.35. The van der Waals surface area contributed by atoms with Gasteiger partial charge < -0.3 is 10.2 Å². The SMILES string of the molecule is C#Cc1cccc(NC(=O)CN(C)C(=O)c2cnn(-c3ccc(Br)cc3)c2C)c1. The average Bonchev–Trinajstić information content (AvgIpc) is 3.09. The first-order valence-corrected chi connectivity index (χ1v) is 9.61. The van der Waals surface area contributed by atoms with Crippen LogP contribution in [0.4, 0.5) is 5.69 Å². The summed E-state index contributed by atoms with van der Waals surface area (Å²) >= 11 is 3.40. The Labute approximate surface area is 177 Å². The van der Waals surface area contributed by atoms with Crippen molar-refractivity contribution in [1.82, 2.24) is 14.7 Å². The quantitative estimate of drug-likeness (QED) is 0.603. The Kier molecular flexibility index (Phi) is 6.15. The molecule has 1 aromatic heterocycles. The van der Waals surface area contributed by atoms with Gasteiger partial charge in [0.05, 0.1) is 29.7 Å². The van der Waals surface area contributed by atoms with E-state index in [-0.39, 0.29) is 18.4 Å². The molecule has 6 nitrogen and oxygen atoms in total. The fraction of sp³-hybridized carbons (Fsp3) is 0.136. The van der Waals surface area contributed by atoms with Gasteiger partial charge in [-0.2, -0.15) is 5.10 Å². The van der Waals surface area contributed by atoms with Crippen molar-refractivity contribution >= 4 is 33.4 Å². The number of amides is 2. The first-order valence-electron chi connectivity index (χ1n) is 8.81. The van der Waals surface area contributed by atoms with Gasteiger partial charge in [0.2, 0.25) is 5.91 Å². The Morgan fingerprint density at radius 3 is 2.66 bits per heavy atom. The van der Waals surface area contributed by atoms with Crippen LogP contribution in [0.25, 0.3) is 5.69 Å². The smallest absolute Gasteiger partial charge is 0.257 e. The molecule has 0 saturated heterocycles. The normalized spacial score (nSPS) is 10.3. The number of rotatable bonds is 5. The molecule has 1 N–H and O–H groups in total. The summed E-state index contributed by atoms with van der Waals surface area (Å²) in [4.78, 5) is 26.5. The number of halogens is 1. The van der Waals surface area contributed by atoms with E-state index in [0.717, 1.165) is 10.2 Å². The van der Waals surface area contributed by atoms with Gasteiger partial charge in [0.1, 0.15) is 0 Å². The van der Waals surface area contributed by atoms with Crippen molar-refractivity contribution in [3.63, 3.8) is 0 Å². The van der Waals surface area contributed by atoms with E-state index in [1.165, 1.54) is 11.1 Å². The zero-order valence-corrected chi connectivity index (χ0v) is 17.6. The lowest BCUT2D eigenvalue weighted by molar-refractivity contribution is -0.116. The van der Waals surface area contributed by atoms with Crippen molar-refractivity contribution in [3.05, 3.63) is 76.0 Å². The molecule has 2 aromatic carbocycles. The first-order chi connectivity index (χ1) is 13.9. The second-order valence-electron chi connectivity index (χ2n) is 6.47. The molecule has 2 amide bonds. The molecule has 7 heteroatoms. The van der Waals surface area contributed by atoms with Gasteiger partial charge in [-0.05, 0) is 49.4 Å².